The number of benzene rings is 1. The van der Waals surface area contributed by atoms with Gasteiger partial charge in [-0.15, -0.1) is 0 Å². The van der Waals surface area contributed by atoms with E-state index in [0.717, 1.165) is 44.1 Å². The van der Waals surface area contributed by atoms with Crippen LogP contribution in [0, 0.1) is 17.0 Å². The standard InChI is InChI=1S/C19H27F2N3O3S/c1-28(25,26)24-7-5-19(12-24)4-6-23(11-19)14-9-17(22)18(27-10-14)15-8-13(20)2-3-16(15)21/h2-3,8,14,17-18H,4-7,9-12,22H2,1H3/t14-,17+,18-,19?/m1/s1. The lowest BCUT2D eigenvalue weighted by molar-refractivity contribution is -0.0488. The smallest absolute Gasteiger partial charge is 0.211 e. The Morgan fingerprint density at radius 3 is 2.64 bits per heavy atom. The molecule has 9 heteroatoms. The van der Waals surface area contributed by atoms with E-state index in [1.807, 2.05) is 0 Å². The van der Waals surface area contributed by atoms with Crippen molar-refractivity contribution in [2.75, 3.05) is 39.0 Å². The minimum atomic E-state index is -3.16. The van der Waals surface area contributed by atoms with Gasteiger partial charge in [0, 0.05) is 37.3 Å². The van der Waals surface area contributed by atoms with Crippen molar-refractivity contribution in [3.63, 3.8) is 0 Å². The molecule has 0 aromatic heterocycles. The summed E-state index contributed by atoms with van der Waals surface area (Å²) in [5.41, 5.74) is 6.45. The Morgan fingerprint density at radius 2 is 1.96 bits per heavy atom. The van der Waals surface area contributed by atoms with Crippen LogP contribution in [0.4, 0.5) is 8.78 Å². The zero-order chi connectivity index (χ0) is 20.1. The van der Waals surface area contributed by atoms with Crippen molar-refractivity contribution < 1.29 is 21.9 Å². The quantitative estimate of drug-likeness (QED) is 0.809. The van der Waals surface area contributed by atoms with E-state index < -0.39 is 33.8 Å². The highest BCUT2D eigenvalue weighted by Gasteiger charge is 2.48. The molecule has 28 heavy (non-hydrogen) atoms. The zero-order valence-electron chi connectivity index (χ0n) is 16.0. The summed E-state index contributed by atoms with van der Waals surface area (Å²) in [4.78, 5) is 2.32. The molecule has 4 rings (SSSR count). The third kappa shape index (κ3) is 3.82. The minimum Gasteiger partial charge on any atom is -0.370 e. The molecule has 3 saturated heterocycles. The number of halogens is 2. The van der Waals surface area contributed by atoms with Crippen LogP contribution in [-0.4, -0.2) is 68.7 Å². The van der Waals surface area contributed by atoms with Crippen molar-refractivity contribution in [3.05, 3.63) is 35.4 Å². The number of rotatable bonds is 3. The Kier molecular flexibility index (Phi) is 5.24. The molecule has 0 radical (unpaired) electrons. The number of likely N-dealkylation sites (tertiary alicyclic amines) is 1. The molecule has 3 aliphatic rings. The van der Waals surface area contributed by atoms with Crippen LogP contribution in [0.1, 0.15) is 30.9 Å². The van der Waals surface area contributed by atoms with Crippen molar-refractivity contribution in [1.82, 2.24) is 9.21 Å². The number of ether oxygens (including phenoxy) is 1. The highest BCUT2D eigenvalue weighted by molar-refractivity contribution is 7.88. The van der Waals surface area contributed by atoms with E-state index in [4.69, 9.17) is 10.5 Å². The van der Waals surface area contributed by atoms with Gasteiger partial charge in [0.25, 0.3) is 0 Å². The summed E-state index contributed by atoms with van der Waals surface area (Å²) in [5.74, 6) is -1.01. The molecule has 3 heterocycles. The number of nitrogens with two attached hydrogens (primary N) is 1. The van der Waals surface area contributed by atoms with Crippen LogP contribution in [0.15, 0.2) is 18.2 Å². The fourth-order valence-electron chi connectivity index (χ4n) is 4.94. The van der Waals surface area contributed by atoms with Crippen LogP contribution in [-0.2, 0) is 14.8 Å². The first kappa shape index (κ1) is 20.2. The van der Waals surface area contributed by atoms with Gasteiger partial charge in [-0.1, -0.05) is 0 Å². The predicted octanol–water partition coefficient (Wildman–Crippen LogP) is 1.48. The van der Waals surface area contributed by atoms with Gasteiger partial charge >= 0.3 is 0 Å². The van der Waals surface area contributed by atoms with Gasteiger partial charge in [-0.25, -0.2) is 21.5 Å². The van der Waals surface area contributed by atoms with E-state index in [0.29, 0.717) is 26.1 Å². The lowest BCUT2D eigenvalue weighted by atomic mass is 9.86. The number of nitrogens with zero attached hydrogens (tertiary/aromatic N) is 2. The second-order valence-corrected chi connectivity index (χ2v) is 10.5. The predicted molar refractivity (Wildman–Crippen MR) is 101 cm³/mol. The molecule has 1 unspecified atom stereocenters. The SMILES string of the molecule is CS(=O)(=O)N1CCC2(CCN([C@H]3CO[C@H](c4cc(F)ccc4F)[C@@H](N)C3)C2)C1. The first-order chi connectivity index (χ1) is 13.2. The third-order valence-electron chi connectivity index (χ3n) is 6.52. The molecule has 3 fully saturated rings. The molecule has 0 saturated carbocycles. The molecule has 3 aliphatic heterocycles. The van der Waals surface area contributed by atoms with Gasteiger partial charge in [0.2, 0.25) is 10.0 Å². The monoisotopic (exact) mass is 415 g/mol. The maximum atomic E-state index is 14.1. The molecule has 0 aliphatic carbocycles. The van der Waals surface area contributed by atoms with E-state index >= 15 is 0 Å². The van der Waals surface area contributed by atoms with E-state index in [-0.39, 0.29) is 17.0 Å². The van der Waals surface area contributed by atoms with Crippen LogP contribution in [0.5, 0.6) is 0 Å². The molecular weight excluding hydrogens is 388 g/mol. The van der Waals surface area contributed by atoms with E-state index in [1.54, 1.807) is 4.31 Å². The Morgan fingerprint density at radius 1 is 1.21 bits per heavy atom. The van der Waals surface area contributed by atoms with Gasteiger partial charge < -0.3 is 10.5 Å². The van der Waals surface area contributed by atoms with Crippen LogP contribution in [0.25, 0.3) is 0 Å². The topological polar surface area (TPSA) is 75.9 Å². The highest BCUT2D eigenvalue weighted by Crippen LogP contribution is 2.42. The van der Waals surface area contributed by atoms with Crippen LogP contribution >= 0.6 is 0 Å². The summed E-state index contributed by atoms with van der Waals surface area (Å²) in [5, 5.41) is 0. The van der Waals surface area contributed by atoms with Gasteiger partial charge in [0.1, 0.15) is 17.7 Å². The minimum absolute atomic E-state index is 0.00130. The van der Waals surface area contributed by atoms with Crippen molar-refractivity contribution in [1.29, 1.82) is 0 Å². The highest BCUT2D eigenvalue weighted by atomic mass is 32.2. The lowest BCUT2D eigenvalue weighted by Crippen LogP contribution is -2.49. The largest absolute Gasteiger partial charge is 0.370 e. The molecule has 1 aromatic carbocycles. The van der Waals surface area contributed by atoms with Crippen molar-refractivity contribution in [2.24, 2.45) is 11.1 Å². The third-order valence-corrected chi connectivity index (χ3v) is 7.77. The first-order valence-electron chi connectivity index (χ1n) is 9.68. The fraction of sp³-hybridized carbons (Fsp3) is 0.684. The Balaban J connectivity index is 1.40. The second-order valence-electron chi connectivity index (χ2n) is 8.54. The van der Waals surface area contributed by atoms with Gasteiger partial charge in [-0.3, -0.25) is 4.90 Å². The molecule has 156 valence electrons. The Labute approximate surface area is 164 Å². The Bertz CT molecular complexity index is 853. The summed E-state index contributed by atoms with van der Waals surface area (Å²) in [6, 6.07) is 3.02. The van der Waals surface area contributed by atoms with Gasteiger partial charge in [-0.05, 0) is 49.4 Å². The molecule has 4 atom stereocenters. The molecule has 2 N–H and O–H groups in total. The normalized spacial score (nSPS) is 35.1. The Hall–Kier alpha value is -1.13. The lowest BCUT2D eigenvalue weighted by Gasteiger charge is -2.39. The van der Waals surface area contributed by atoms with E-state index in [2.05, 4.69) is 4.90 Å². The summed E-state index contributed by atoms with van der Waals surface area (Å²) in [6.45, 7) is 3.24. The first-order valence-corrected chi connectivity index (χ1v) is 11.5. The summed E-state index contributed by atoms with van der Waals surface area (Å²) < 4.78 is 58.7. The van der Waals surface area contributed by atoms with Crippen molar-refractivity contribution >= 4 is 10.0 Å². The van der Waals surface area contributed by atoms with Crippen molar-refractivity contribution in [2.45, 2.75) is 37.5 Å². The van der Waals surface area contributed by atoms with Crippen LogP contribution in [0.3, 0.4) is 0 Å². The second kappa shape index (κ2) is 7.28. The number of sulfonamides is 1. The molecule has 1 aromatic rings. The molecule has 0 bridgehead atoms. The maximum absolute atomic E-state index is 14.1. The van der Waals surface area contributed by atoms with Gasteiger partial charge in [0.15, 0.2) is 0 Å². The average Bonchev–Trinajstić information content (AvgIpc) is 3.24. The number of hydrogen-bond acceptors (Lipinski definition) is 5. The van der Waals surface area contributed by atoms with E-state index in [9.17, 15) is 17.2 Å². The fourth-order valence-corrected chi connectivity index (χ4v) is 5.87. The molecule has 0 amide bonds. The van der Waals surface area contributed by atoms with Gasteiger partial charge in [-0.2, -0.15) is 0 Å². The van der Waals surface area contributed by atoms with Crippen molar-refractivity contribution in [3.8, 4) is 0 Å². The summed E-state index contributed by atoms with van der Waals surface area (Å²) in [6.07, 6.45) is 3.06. The van der Waals surface area contributed by atoms with E-state index in [1.165, 1.54) is 6.26 Å². The van der Waals surface area contributed by atoms with Crippen LogP contribution in [0.2, 0.25) is 0 Å². The van der Waals surface area contributed by atoms with Gasteiger partial charge in [0.05, 0.1) is 12.9 Å². The summed E-state index contributed by atoms with van der Waals surface area (Å²) in [7, 11) is -3.16. The average molecular weight is 416 g/mol. The molecule has 6 nitrogen and oxygen atoms in total. The molecule has 1 spiro atoms. The zero-order valence-corrected chi connectivity index (χ0v) is 16.8. The maximum Gasteiger partial charge on any atom is 0.211 e. The number of hydrogen-bond donors (Lipinski definition) is 1. The molecular formula is C19H27F2N3O3S. The summed E-state index contributed by atoms with van der Waals surface area (Å²) >= 11 is 0. The van der Waals surface area contributed by atoms with Crippen LogP contribution < -0.4 is 5.73 Å².